The van der Waals surface area contributed by atoms with E-state index in [1.54, 1.807) is 0 Å². The summed E-state index contributed by atoms with van der Waals surface area (Å²) in [6.07, 6.45) is 1.87. The molecule has 0 amide bonds. The van der Waals surface area contributed by atoms with Crippen LogP contribution in [0.5, 0.6) is 0 Å². The molecule has 25 heavy (non-hydrogen) atoms. The molecule has 0 N–H and O–H groups in total. The van der Waals surface area contributed by atoms with Crippen molar-refractivity contribution in [2.24, 2.45) is 5.92 Å². The van der Waals surface area contributed by atoms with Crippen LogP contribution in [0.2, 0.25) is 0 Å². The van der Waals surface area contributed by atoms with Crippen LogP contribution >= 0.6 is 12.2 Å². The maximum atomic E-state index is 12.0. The van der Waals surface area contributed by atoms with Crippen molar-refractivity contribution < 1.29 is 9.53 Å². The SMILES string of the molecule is CCOC(=O)[C@@H]1CCCN(Cn2nc(C)n(-c3ccccc3)c2=S)C1. The maximum absolute atomic E-state index is 12.0. The third kappa shape index (κ3) is 3.99. The van der Waals surface area contributed by atoms with Crippen LogP contribution in [-0.2, 0) is 16.2 Å². The molecule has 1 aliphatic rings. The topological polar surface area (TPSA) is 52.3 Å². The Morgan fingerprint density at radius 3 is 2.84 bits per heavy atom. The van der Waals surface area contributed by atoms with Crippen LogP contribution in [0.4, 0.5) is 0 Å². The highest BCUT2D eigenvalue weighted by atomic mass is 32.1. The van der Waals surface area contributed by atoms with Gasteiger partial charge in [-0.25, -0.2) is 4.68 Å². The number of carbonyl (C=O) groups excluding carboxylic acids is 1. The molecule has 0 unspecified atom stereocenters. The molecule has 0 aliphatic carbocycles. The van der Waals surface area contributed by atoms with E-state index in [-0.39, 0.29) is 11.9 Å². The molecule has 1 atom stereocenters. The van der Waals surface area contributed by atoms with Crippen LogP contribution in [0.15, 0.2) is 30.3 Å². The number of esters is 1. The van der Waals surface area contributed by atoms with Gasteiger partial charge in [0.15, 0.2) is 0 Å². The fourth-order valence-corrected chi connectivity index (χ4v) is 3.64. The number of nitrogens with zero attached hydrogens (tertiary/aromatic N) is 4. The molecule has 1 aromatic carbocycles. The summed E-state index contributed by atoms with van der Waals surface area (Å²) in [4.78, 5) is 14.2. The molecule has 7 heteroatoms. The molecule has 1 aromatic heterocycles. The molecule has 0 radical (unpaired) electrons. The van der Waals surface area contributed by atoms with Gasteiger partial charge in [0.1, 0.15) is 5.82 Å². The first kappa shape index (κ1) is 17.8. The minimum atomic E-state index is -0.0956. The number of piperidine rings is 1. The van der Waals surface area contributed by atoms with E-state index in [0.717, 1.165) is 30.9 Å². The van der Waals surface area contributed by atoms with E-state index in [0.29, 0.717) is 24.6 Å². The minimum Gasteiger partial charge on any atom is -0.466 e. The van der Waals surface area contributed by atoms with Crippen molar-refractivity contribution in [2.45, 2.75) is 33.4 Å². The van der Waals surface area contributed by atoms with Gasteiger partial charge in [0.25, 0.3) is 0 Å². The van der Waals surface area contributed by atoms with Crippen LogP contribution in [-0.4, -0.2) is 44.9 Å². The molecule has 1 fully saturated rings. The normalized spacial score (nSPS) is 18.2. The zero-order valence-corrected chi connectivity index (χ0v) is 15.5. The molecule has 1 aliphatic heterocycles. The van der Waals surface area contributed by atoms with Gasteiger partial charge in [-0.1, -0.05) is 18.2 Å². The molecule has 3 rings (SSSR count). The summed E-state index contributed by atoms with van der Waals surface area (Å²) >= 11 is 5.63. The average molecular weight is 360 g/mol. The molecule has 0 spiro atoms. The van der Waals surface area contributed by atoms with E-state index < -0.39 is 0 Å². The number of benzene rings is 1. The summed E-state index contributed by atoms with van der Waals surface area (Å²) in [5.74, 6) is 0.706. The number of carbonyl (C=O) groups is 1. The maximum Gasteiger partial charge on any atom is 0.310 e. The minimum absolute atomic E-state index is 0.0554. The molecular weight excluding hydrogens is 336 g/mol. The van der Waals surface area contributed by atoms with Gasteiger partial charge in [-0.2, -0.15) is 5.10 Å². The van der Waals surface area contributed by atoms with Crippen molar-refractivity contribution in [1.29, 1.82) is 0 Å². The Hall–Kier alpha value is -1.99. The molecule has 1 saturated heterocycles. The van der Waals surface area contributed by atoms with E-state index in [2.05, 4.69) is 10.00 Å². The van der Waals surface area contributed by atoms with Gasteiger partial charge in [-0.3, -0.25) is 14.3 Å². The molecular formula is C18H24N4O2S. The Bertz CT molecular complexity index is 784. The van der Waals surface area contributed by atoms with Crippen molar-refractivity contribution in [3.8, 4) is 5.69 Å². The lowest BCUT2D eigenvalue weighted by molar-refractivity contribution is -0.150. The fourth-order valence-electron chi connectivity index (χ4n) is 3.31. The average Bonchev–Trinajstić information content (AvgIpc) is 2.89. The second-order valence-electron chi connectivity index (χ2n) is 6.31. The Morgan fingerprint density at radius 1 is 1.36 bits per heavy atom. The van der Waals surface area contributed by atoms with E-state index in [4.69, 9.17) is 17.0 Å². The highest BCUT2D eigenvalue weighted by Gasteiger charge is 2.27. The van der Waals surface area contributed by atoms with Crippen molar-refractivity contribution in [3.63, 3.8) is 0 Å². The van der Waals surface area contributed by atoms with Crippen LogP contribution in [0.3, 0.4) is 0 Å². The molecule has 2 heterocycles. The first-order valence-corrected chi connectivity index (χ1v) is 9.12. The monoisotopic (exact) mass is 360 g/mol. The summed E-state index contributed by atoms with van der Waals surface area (Å²) in [6, 6.07) is 10.0. The van der Waals surface area contributed by atoms with Gasteiger partial charge in [0.2, 0.25) is 4.77 Å². The summed E-state index contributed by atoms with van der Waals surface area (Å²) < 4.78 is 9.65. The van der Waals surface area contributed by atoms with Crippen molar-refractivity contribution >= 4 is 18.2 Å². The summed E-state index contributed by atoms with van der Waals surface area (Å²) in [6.45, 7) is 6.46. The zero-order chi connectivity index (χ0) is 17.8. The molecule has 134 valence electrons. The van der Waals surface area contributed by atoms with Gasteiger partial charge in [-0.15, -0.1) is 0 Å². The molecule has 6 nitrogen and oxygen atoms in total. The number of aryl methyl sites for hydroxylation is 1. The summed E-state index contributed by atoms with van der Waals surface area (Å²) in [5, 5.41) is 4.60. The highest BCUT2D eigenvalue weighted by molar-refractivity contribution is 7.71. The standard InChI is InChI=1S/C18H24N4O2S/c1-3-24-17(23)15-8-7-11-20(12-15)13-21-18(25)22(14(2)19-21)16-9-5-4-6-10-16/h4-6,9-10,15H,3,7-8,11-13H2,1-2H3/t15-/m1/s1. The van der Waals surface area contributed by atoms with Gasteiger partial charge in [-0.05, 0) is 57.6 Å². The second kappa shape index (κ2) is 7.93. The number of aromatic nitrogens is 3. The van der Waals surface area contributed by atoms with E-state index in [9.17, 15) is 4.79 Å². The third-order valence-electron chi connectivity index (χ3n) is 4.47. The number of hydrogen-bond donors (Lipinski definition) is 0. The Kier molecular flexibility index (Phi) is 5.65. The zero-order valence-electron chi connectivity index (χ0n) is 14.7. The second-order valence-corrected chi connectivity index (χ2v) is 6.68. The van der Waals surface area contributed by atoms with Crippen molar-refractivity contribution in [1.82, 2.24) is 19.2 Å². The number of hydrogen-bond acceptors (Lipinski definition) is 5. The van der Waals surface area contributed by atoms with Crippen LogP contribution in [0.1, 0.15) is 25.6 Å². The Balaban J connectivity index is 1.75. The lowest BCUT2D eigenvalue weighted by atomic mass is 9.99. The largest absolute Gasteiger partial charge is 0.466 e. The van der Waals surface area contributed by atoms with Gasteiger partial charge >= 0.3 is 5.97 Å². The van der Waals surface area contributed by atoms with E-state index >= 15 is 0 Å². The van der Waals surface area contributed by atoms with Crippen LogP contribution < -0.4 is 0 Å². The summed E-state index contributed by atoms with van der Waals surface area (Å²) in [5.41, 5.74) is 1.01. The van der Waals surface area contributed by atoms with Gasteiger partial charge in [0.05, 0.1) is 19.2 Å². The van der Waals surface area contributed by atoms with Crippen molar-refractivity contribution in [3.05, 3.63) is 40.9 Å². The number of likely N-dealkylation sites (tertiary alicyclic amines) is 1. The lowest BCUT2D eigenvalue weighted by Crippen LogP contribution is -2.40. The Morgan fingerprint density at radius 2 is 2.12 bits per heavy atom. The lowest BCUT2D eigenvalue weighted by Gasteiger charge is -2.31. The highest BCUT2D eigenvalue weighted by Crippen LogP contribution is 2.19. The van der Waals surface area contributed by atoms with Crippen LogP contribution in [0, 0.1) is 17.6 Å². The number of rotatable bonds is 5. The number of para-hydroxylation sites is 1. The van der Waals surface area contributed by atoms with Gasteiger partial charge < -0.3 is 4.74 Å². The van der Waals surface area contributed by atoms with Gasteiger partial charge in [0, 0.05) is 12.2 Å². The predicted octanol–water partition coefficient (Wildman–Crippen LogP) is 2.94. The predicted molar refractivity (Wildman–Crippen MR) is 98.1 cm³/mol. The first-order valence-electron chi connectivity index (χ1n) is 8.71. The number of ether oxygens (including phenoxy) is 1. The van der Waals surface area contributed by atoms with Crippen molar-refractivity contribution in [2.75, 3.05) is 19.7 Å². The third-order valence-corrected chi connectivity index (χ3v) is 4.87. The summed E-state index contributed by atoms with van der Waals surface area (Å²) in [7, 11) is 0. The van der Waals surface area contributed by atoms with E-state index in [1.165, 1.54) is 0 Å². The van der Waals surface area contributed by atoms with E-state index in [1.807, 2.05) is 53.4 Å². The molecule has 0 bridgehead atoms. The van der Waals surface area contributed by atoms with Crippen LogP contribution in [0.25, 0.3) is 5.69 Å². The first-order chi connectivity index (χ1) is 12.1. The quantitative estimate of drug-likeness (QED) is 0.606. The Labute approximate surface area is 153 Å². The smallest absolute Gasteiger partial charge is 0.310 e. The molecule has 2 aromatic rings. The fraction of sp³-hybridized carbons (Fsp3) is 0.500. The molecule has 0 saturated carbocycles.